The fourth-order valence-corrected chi connectivity index (χ4v) is 3.70. The zero-order valence-corrected chi connectivity index (χ0v) is 12.7. The van der Waals surface area contributed by atoms with Crippen LogP contribution in [-0.2, 0) is 0 Å². The largest absolute Gasteiger partial charge is 0.493 e. The minimum Gasteiger partial charge on any atom is -0.493 e. The molecule has 2 unspecified atom stereocenters. The van der Waals surface area contributed by atoms with E-state index in [0.717, 1.165) is 18.4 Å². The van der Waals surface area contributed by atoms with Gasteiger partial charge in [-0.05, 0) is 43.9 Å². The van der Waals surface area contributed by atoms with Crippen LogP contribution < -0.4 is 14.8 Å². The fourth-order valence-electron chi connectivity index (χ4n) is 3.70. The molecule has 2 aliphatic rings. The number of carbonyl (C=O) groups is 1. The standard InChI is InChI=1S/C17H23NO3/c1-20-15-7-6-11(10-16(15)21-2)17(19)12-8-13-4-3-5-14(9-12)18-13/h6-7,10,12-14,18H,3-5,8-9H2,1-2H3. The number of benzene rings is 1. The lowest BCUT2D eigenvalue weighted by atomic mass is 9.77. The molecule has 3 rings (SSSR count). The molecule has 4 heteroatoms. The highest BCUT2D eigenvalue weighted by Crippen LogP contribution is 2.34. The molecule has 2 heterocycles. The molecule has 2 atom stereocenters. The lowest BCUT2D eigenvalue weighted by Gasteiger charge is -2.39. The van der Waals surface area contributed by atoms with Crippen LogP contribution in [0, 0.1) is 5.92 Å². The summed E-state index contributed by atoms with van der Waals surface area (Å²) in [6.07, 6.45) is 5.62. The summed E-state index contributed by atoms with van der Waals surface area (Å²) in [7, 11) is 3.20. The van der Waals surface area contributed by atoms with Crippen LogP contribution in [-0.4, -0.2) is 32.1 Å². The van der Waals surface area contributed by atoms with Crippen LogP contribution in [0.3, 0.4) is 0 Å². The summed E-state index contributed by atoms with van der Waals surface area (Å²) in [4.78, 5) is 12.8. The monoisotopic (exact) mass is 289 g/mol. The minimum absolute atomic E-state index is 0.139. The molecule has 0 aliphatic carbocycles. The summed E-state index contributed by atoms with van der Waals surface area (Å²) >= 11 is 0. The third kappa shape index (κ3) is 2.91. The van der Waals surface area contributed by atoms with Crippen LogP contribution in [0.25, 0.3) is 0 Å². The van der Waals surface area contributed by atoms with Gasteiger partial charge >= 0.3 is 0 Å². The van der Waals surface area contributed by atoms with Gasteiger partial charge in [0.2, 0.25) is 0 Å². The maximum Gasteiger partial charge on any atom is 0.166 e. The molecule has 2 fully saturated rings. The summed E-state index contributed by atoms with van der Waals surface area (Å²) in [5.41, 5.74) is 0.734. The van der Waals surface area contributed by atoms with Gasteiger partial charge in [-0.1, -0.05) is 6.42 Å². The molecular formula is C17H23NO3. The number of hydrogen-bond donors (Lipinski definition) is 1. The molecule has 2 bridgehead atoms. The van der Waals surface area contributed by atoms with Gasteiger partial charge in [0.1, 0.15) is 0 Å². The number of nitrogens with one attached hydrogen (secondary N) is 1. The summed E-state index contributed by atoms with van der Waals surface area (Å²) < 4.78 is 10.5. The highest BCUT2D eigenvalue weighted by atomic mass is 16.5. The predicted octanol–water partition coefficient (Wildman–Crippen LogP) is 2.81. The van der Waals surface area contributed by atoms with Crippen molar-refractivity contribution in [2.45, 2.75) is 44.2 Å². The molecule has 4 nitrogen and oxygen atoms in total. The highest BCUT2D eigenvalue weighted by Gasteiger charge is 2.35. The predicted molar refractivity (Wildman–Crippen MR) is 81.2 cm³/mol. The van der Waals surface area contributed by atoms with Crippen molar-refractivity contribution in [3.05, 3.63) is 23.8 Å². The van der Waals surface area contributed by atoms with Gasteiger partial charge in [0.05, 0.1) is 14.2 Å². The Bertz CT molecular complexity index is 517. The van der Waals surface area contributed by atoms with E-state index in [1.807, 2.05) is 12.1 Å². The highest BCUT2D eigenvalue weighted by molar-refractivity contribution is 5.98. The number of carbonyl (C=O) groups excluding carboxylic acids is 1. The Morgan fingerprint density at radius 2 is 1.76 bits per heavy atom. The van der Waals surface area contributed by atoms with Gasteiger partial charge in [-0.3, -0.25) is 4.79 Å². The number of Topliss-reactive ketones (excluding diaryl/α,β-unsaturated/α-hetero) is 1. The lowest BCUT2D eigenvalue weighted by Crippen LogP contribution is -2.50. The molecule has 0 amide bonds. The molecule has 2 aliphatic heterocycles. The van der Waals surface area contributed by atoms with E-state index in [9.17, 15) is 4.79 Å². The number of piperidine rings is 2. The van der Waals surface area contributed by atoms with Crippen LogP contribution in [0.1, 0.15) is 42.5 Å². The maximum atomic E-state index is 12.8. The van der Waals surface area contributed by atoms with Crippen molar-refractivity contribution < 1.29 is 14.3 Å². The lowest BCUT2D eigenvalue weighted by molar-refractivity contribution is 0.0824. The molecule has 1 aromatic carbocycles. The first kappa shape index (κ1) is 14.4. The SMILES string of the molecule is COc1ccc(C(=O)C2CC3CCCC(C2)N3)cc1OC. The number of ketones is 1. The zero-order valence-electron chi connectivity index (χ0n) is 12.7. The summed E-state index contributed by atoms with van der Waals surface area (Å²) in [5, 5.41) is 3.63. The average molecular weight is 289 g/mol. The Morgan fingerprint density at radius 1 is 1.10 bits per heavy atom. The molecule has 0 spiro atoms. The van der Waals surface area contributed by atoms with Crippen LogP contribution in [0.2, 0.25) is 0 Å². The molecule has 2 saturated heterocycles. The van der Waals surface area contributed by atoms with E-state index in [-0.39, 0.29) is 11.7 Å². The third-order valence-corrected chi connectivity index (χ3v) is 4.75. The number of methoxy groups -OCH3 is 2. The minimum atomic E-state index is 0.139. The topological polar surface area (TPSA) is 47.6 Å². The van der Waals surface area contributed by atoms with E-state index >= 15 is 0 Å². The van der Waals surface area contributed by atoms with Crippen molar-refractivity contribution in [2.75, 3.05) is 14.2 Å². The first-order valence-corrected chi connectivity index (χ1v) is 7.73. The smallest absolute Gasteiger partial charge is 0.166 e. The third-order valence-electron chi connectivity index (χ3n) is 4.75. The van der Waals surface area contributed by atoms with E-state index in [2.05, 4.69) is 5.32 Å². The molecule has 114 valence electrons. The van der Waals surface area contributed by atoms with Gasteiger partial charge in [-0.25, -0.2) is 0 Å². The summed E-state index contributed by atoms with van der Waals surface area (Å²) in [6.45, 7) is 0. The van der Waals surface area contributed by atoms with Crippen molar-refractivity contribution in [3.8, 4) is 11.5 Å². The van der Waals surface area contributed by atoms with Crippen LogP contribution in [0.4, 0.5) is 0 Å². The number of fused-ring (bicyclic) bond motifs is 2. The summed E-state index contributed by atoms with van der Waals surface area (Å²) in [6, 6.07) is 6.51. The Kier molecular flexibility index (Phi) is 4.15. The Morgan fingerprint density at radius 3 is 2.38 bits per heavy atom. The summed E-state index contributed by atoms with van der Waals surface area (Å²) in [5.74, 6) is 1.67. The second-order valence-corrected chi connectivity index (χ2v) is 6.09. The first-order valence-electron chi connectivity index (χ1n) is 7.73. The van der Waals surface area contributed by atoms with Gasteiger partial charge in [0.25, 0.3) is 0 Å². The Labute approximate surface area is 125 Å². The fraction of sp³-hybridized carbons (Fsp3) is 0.588. The molecule has 21 heavy (non-hydrogen) atoms. The molecule has 0 saturated carbocycles. The van der Waals surface area contributed by atoms with Crippen molar-refractivity contribution in [2.24, 2.45) is 5.92 Å². The average Bonchev–Trinajstić information content (AvgIpc) is 2.53. The normalized spacial score (nSPS) is 28.0. The number of ether oxygens (including phenoxy) is 2. The molecule has 1 N–H and O–H groups in total. The van der Waals surface area contributed by atoms with E-state index in [1.165, 1.54) is 19.3 Å². The van der Waals surface area contributed by atoms with Crippen molar-refractivity contribution in [1.82, 2.24) is 5.32 Å². The van der Waals surface area contributed by atoms with Crippen LogP contribution >= 0.6 is 0 Å². The van der Waals surface area contributed by atoms with E-state index in [1.54, 1.807) is 20.3 Å². The molecule has 1 aromatic rings. The van der Waals surface area contributed by atoms with Crippen molar-refractivity contribution in [1.29, 1.82) is 0 Å². The van der Waals surface area contributed by atoms with Crippen molar-refractivity contribution >= 4 is 5.78 Å². The van der Waals surface area contributed by atoms with Gasteiger partial charge in [-0.2, -0.15) is 0 Å². The van der Waals surface area contributed by atoms with E-state index in [4.69, 9.17) is 9.47 Å². The van der Waals surface area contributed by atoms with Gasteiger partial charge in [0, 0.05) is 23.6 Å². The Balaban J connectivity index is 1.78. The molecular weight excluding hydrogens is 266 g/mol. The second-order valence-electron chi connectivity index (χ2n) is 6.09. The molecule has 0 aromatic heterocycles. The van der Waals surface area contributed by atoms with Gasteiger partial charge < -0.3 is 14.8 Å². The Hall–Kier alpha value is -1.55. The van der Waals surface area contributed by atoms with E-state index in [0.29, 0.717) is 23.6 Å². The van der Waals surface area contributed by atoms with Crippen LogP contribution in [0.15, 0.2) is 18.2 Å². The van der Waals surface area contributed by atoms with Crippen molar-refractivity contribution in [3.63, 3.8) is 0 Å². The second kappa shape index (κ2) is 6.06. The van der Waals surface area contributed by atoms with E-state index < -0.39 is 0 Å². The zero-order chi connectivity index (χ0) is 14.8. The number of rotatable bonds is 4. The van der Waals surface area contributed by atoms with Gasteiger partial charge in [0.15, 0.2) is 17.3 Å². The van der Waals surface area contributed by atoms with Crippen LogP contribution in [0.5, 0.6) is 11.5 Å². The number of hydrogen-bond acceptors (Lipinski definition) is 4. The maximum absolute atomic E-state index is 12.8. The molecule has 0 radical (unpaired) electrons. The quantitative estimate of drug-likeness (QED) is 0.866. The first-order chi connectivity index (χ1) is 10.2. The van der Waals surface area contributed by atoms with Gasteiger partial charge in [-0.15, -0.1) is 0 Å².